The van der Waals surface area contributed by atoms with Crippen LogP contribution in [0.3, 0.4) is 0 Å². The molecule has 0 aliphatic rings. The highest BCUT2D eigenvalue weighted by Crippen LogP contribution is 2.05. The molecule has 2 aromatic carbocycles. The third kappa shape index (κ3) is 11.7. The maximum absolute atomic E-state index is 12.9. The lowest BCUT2D eigenvalue weighted by atomic mass is 10.0. The van der Waals surface area contributed by atoms with E-state index in [0.29, 0.717) is 6.29 Å². The van der Waals surface area contributed by atoms with Gasteiger partial charge < -0.3 is 42.2 Å². The number of amides is 5. The first-order valence-electron chi connectivity index (χ1n) is 13.1. The van der Waals surface area contributed by atoms with E-state index in [1.54, 1.807) is 42.5 Å². The van der Waals surface area contributed by atoms with E-state index in [1.165, 1.54) is 0 Å². The zero-order valence-electron chi connectivity index (χ0n) is 22.8. The van der Waals surface area contributed by atoms with Gasteiger partial charge in [0.1, 0.15) is 24.4 Å². The third-order valence-electron chi connectivity index (χ3n) is 5.98. The van der Waals surface area contributed by atoms with E-state index in [0.717, 1.165) is 11.1 Å². The van der Waals surface area contributed by atoms with Crippen LogP contribution in [-0.4, -0.2) is 90.5 Å². The molecule has 0 radical (unpaired) electrons. The van der Waals surface area contributed by atoms with Gasteiger partial charge in [-0.25, -0.2) is 0 Å². The third-order valence-corrected chi connectivity index (χ3v) is 6.35. The number of benzene rings is 2. The molecule has 0 aromatic heterocycles. The lowest BCUT2D eigenvalue weighted by molar-refractivity contribution is -0.134. The molecule has 0 heterocycles. The Morgan fingerprint density at radius 1 is 0.738 bits per heavy atom. The number of aliphatic hydroxyl groups is 1. The van der Waals surface area contributed by atoms with E-state index in [-0.39, 0.29) is 25.1 Å². The quantitative estimate of drug-likeness (QED) is 0.0724. The summed E-state index contributed by atoms with van der Waals surface area (Å²) in [4.78, 5) is 74.0. The second-order valence-corrected chi connectivity index (χ2v) is 9.58. The highest BCUT2D eigenvalue weighted by molar-refractivity contribution is 7.80. The Morgan fingerprint density at radius 2 is 1.29 bits per heavy atom. The van der Waals surface area contributed by atoms with Crippen molar-refractivity contribution in [3.63, 3.8) is 0 Å². The first-order chi connectivity index (χ1) is 20.2. The number of carbonyl (C=O) groups excluding carboxylic acids is 6. The molecular formula is C28H36N6O7S. The van der Waals surface area contributed by atoms with Gasteiger partial charge in [0.15, 0.2) is 0 Å². The Hall–Kier alpha value is -4.27. The minimum atomic E-state index is -1.46. The van der Waals surface area contributed by atoms with Crippen molar-refractivity contribution >= 4 is 48.5 Å². The van der Waals surface area contributed by atoms with Crippen molar-refractivity contribution in [3.05, 3.63) is 71.8 Å². The molecule has 0 saturated heterocycles. The molecule has 8 N–H and O–H groups in total. The standard InChI is InChI=1S/C28H36N6O7S/c29-13-24(37)32-21(12-19-9-5-2-6-10-19)27(40)33-22(16-36)28(41)34-23(17-42)26(39)30-14-25(38)31-20(15-35)11-18-7-3-1-4-8-18/h1-10,15,20-23,36,42H,11-14,16-17,29H2,(H,30,39)(H,31,38)(H,32,37)(H,33,40)(H,34,41)/t20-,21-,22-,23-/m0/s1. The minimum absolute atomic E-state index is 0.0955. The topological polar surface area (TPSA) is 209 Å². The summed E-state index contributed by atoms with van der Waals surface area (Å²) in [6, 6.07) is 13.3. The fraction of sp³-hybridized carbons (Fsp3) is 0.357. The first kappa shape index (κ1) is 33.9. The molecule has 0 unspecified atom stereocenters. The van der Waals surface area contributed by atoms with Gasteiger partial charge in [0, 0.05) is 12.2 Å². The van der Waals surface area contributed by atoms with Gasteiger partial charge in [-0.2, -0.15) is 12.6 Å². The van der Waals surface area contributed by atoms with E-state index in [4.69, 9.17) is 5.73 Å². The fourth-order valence-corrected chi connectivity index (χ4v) is 4.05. The molecule has 42 heavy (non-hydrogen) atoms. The summed E-state index contributed by atoms with van der Waals surface area (Å²) in [5, 5.41) is 21.9. The average molecular weight is 601 g/mol. The summed E-state index contributed by atoms with van der Waals surface area (Å²) in [5.74, 6) is -3.77. The number of hydrogen-bond donors (Lipinski definition) is 8. The van der Waals surface area contributed by atoms with E-state index in [1.807, 2.05) is 18.2 Å². The van der Waals surface area contributed by atoms with Gasteiger partial charge in [0.05, 0.1) is 25.7 Å². The number of rotatable bonds is 17. The number of hydrogen-bond acceptors (Lipinski definition) is 9. The van der Waals surface area contributed by atoms with Crippen LogP contribution in [0.15, 0.2) is 60.7 Å². The van der Waals surface area contributed by atoms with Crippen molar-refractivity contribution in [1.29, 1.82) is 0 Å². The molecule has 0 bridgehead atoms. The van der Waals surface area contributed by atoms with E-state index < -0.39 is 66.9 Å². The van der Waals surface area contributed by atoms with Crippen LogP contribution < -0.4 is 32.3 Å². The van der Waals surface area contributed by atoms with Gasteiger partial charge in [-0.15, -0.1) is 0 Å². The van der Waals surface area contributed by atoms with Crippen LogP contribution in [0.1, 0.15) is 11.1 Å². The molecule has 4 atom stereocenters. The molecular weight excluding hydrogens is 564 g/mol. The lowest BCUT2D eigenvalue weighted by Crippen LogP contribution is -2.59. The minimum Gasteiger partial charge on any atom is -0.394 e. The predicted octanol–water partition coefficient (Wildman–Crippen LogP) is -2.39. The summed E-state index contributed by atoms with van der Waals surface area (Å²) < 4.78 is 0. The summed E-state index contributed by atoms with van der Waals surface area (Å²) in [6.07, 6.45) is 0.965. The number of thiol groups is 1. The van der Waals surface area contributed by atoms with Crippen molar-refractivity contribution in [2.75, 3.05) is 25.4 Å². The summed E-state index contributed by atoms with van der Waals surface area (Å²) in [6.45, 7) is -1.64. The van der Waals surface area contributed by atoms with Crippen molar-refractivity contribution in [2.24, 2.45) is 5.73 Å². The van der Waals surface area contributed by atoms with E-state index in [2.05, 4.69) is 39.2 Å². The summed E-state index contributed by atoms with van der Waals surface area (Å²) in [7, 11) is 0. The average Bonchev–Trinajstić information content (AvgIpc) is 3.01. The molecule has 0 spiro atoms. The van der Waals surface area contributed by atoms with Gasteiger partial charge in [0.2, 0.25) is 29.5 Å². The van der Waals surface area contributed by atoms with Crippen molar-refractivity contribution in [3.8, 4) is 0 Å². The number of aliphatic hydroxyl groups excluding tert-OH is 1. The van der Waals surface area contributed by atoms with Crippen LogP contribution in [0, 0.1) is 0 Å². The van der Waals surface area contributed by atoms with Crippen LogP contribution in [0.25, 0.3) is 0 Å². The highest BCUT2D eigenvalue weighted by atomic mass is 32.1. The molecule has 13 nitrogen and oxygen atoms in total. The number of nitrogens with two attached hydrogens (primary N) is 1. The van der Waals surface area contributed by atoms with Crippen LogP contribution in [-0.2, 0) is 41.6 Å². The summed E-state index contributed by atoms with van der Waals surface area (Å²) >= 11 is 4.07. The smallest absolute Gasteiger partial charge is 0.245 e. The van der Waals surface area contributed by atoms with Gasteiger partial charge >= 0.3 is 0 Å². The van der Waals surface area contributed by atoms with E-state index >= 15 is 0 Å². The van der Waals surface area contributed by atoms with Crippen molar-refractivity contribution < 1.29 is 33.9 Å². The Bertz CT molecular complexity index is 1200. The molecule has 0 saturated carbocycles. The second-order valence-electron chi connectivity index (χ2n) is 9.22. The maximum Gasteiger partial charge on any atom is 0.245 e. The van der Waals surface area contributed by atoms with Gasteiger partial charge in [-0.1, -0.05) is 60.7 Å². The van der Waals surface area contributed by atoms with Crippen molar-refractivity contribution in [2.45, 2.75) is 37.0 Å². The Kier molecular flexibility index (Phi) is 14.7. The van der Waals surface area contributed by atoms with Crippen molar-refractivity contribution in [1.82, 2.24) is 26.6 Å². The SMILES string of the molecule is NCC(=O)N[C@@H](Cc1ccccc1)C(=O)N[C@@H](CO)C(=O)N[C@@H](CS)C(=O)NCC(=O)N[C@H](C=O)Cc1ccccc1. The zero-order valence-corrected chi connectivity index (χ0v) is 23.7. The predicted molar refractivity (Wildman–Crippen MR) is 157 cm³/mol. The molecule has 2 rings (SSSR count). The van der Waals surface area contributed by atoms with Crippen LogP contribution in [0.2, 0.25) is 0 Å². The van der Waals surface area contributed by atoms with Crippen LogP contribution in [0.5, 0.6) is 0 Å². The molecule has 0 fully saturated rings. The molecule has 14 heteroatoms. The number of nitrogens with one attached hydrogen (secondary N) is 5. The van der Waals surface area contributed by atoms with Gasteiger partial charge in [-0.3, -0.25) is 24.0 Å². The molecule has 0 aliphatic heterocycles. The molecule has 5 amide bonds. The number of aldehydes is 1. The Morgan fingerprint density at radius 3 is 1.81 bits per heavy atom. The molecule has 2 aromatic rings. The van der Waals surface area contributed by atoms with E-state index in [9.17, 15) is 33.9 Å². The Labute approximate surface area is 248 Å². The highest BCUT2D eigenvalue weighted by Gasteiger charge is 2.29. The zero-order chi connectivity index (χ0) is 30.9. The van der Waals surface area contributed by atoms with Crippen LogP contribution in [0.4, 0.5) is 0 Å². The monoisotopic (exact) mass is 600 g/mol. The fourth-order valence-electron chi connectivity index (χ4n) is 3.79. The largest absolute Gasteiger partial charge is 0.394 e. The van der Waals surface area contributed by atoms with Gasteiger partial charge in [-0.05, 0) is 17.5 Å². The summed E-state index contributed by atoms with van der Waals surface area (Å²) in [5.41, 5.74) is 6.93. The van der Waals surface area contributed by atoms with Gasteiger partial charge in [0.25, 0.3) is 0 Å². The molecule has 0 aliphatic carbocycles. The number of carbonyl (C=O) groups is 6. The molecule has 226 valence electrons. The normalized spacial score (nSPS) is 13.4. The first-order valence-corrected chi connectivity index (χ1v) is 13.8. The second kappa shape index (κ2) is 18.2. The lowest BCUT2D eigenvalue weighted by Gasteiger charge is -2.24. The Balaban J connectivity index is 1.93. The maximum atomic E-state index is 12.9. The van der Waals surface area contributed by atoms with Crippen LogP contribution >= 0.6 is 12.6 Å².